The van der Waals surface area contributed by atoms with Gasteiger partial charge in [0.05, 0.1) is 11.1 Å². The molecular weight excluding hydrogens is 246 g/mol. The topological polar surface area (TPSA) is 21.3 Å². The molecule has 0 radical (unpaired) electrons. The average molecular weight is 270 g/mol. The third kappa shape index (κ3) is 4.87. The Labute approximate surface area is 116 Å². The second-order valence-electron chi connectivity index (χ2n) is 5.52. The van der Waals surface area contributed by atoms with Gasteiger partial charge in [0, 0.05) is 12.1 Å². The fraction of sp³-hybridized carbons (Fsp3) is 0.600. The Balaban J connectivity index is 2.67. The Kier molecular flexibility index (Phi) is 5.48. The van der Waals surface area contributed by atoms with Crippen molar-refractivity contribution in [3.63, 3.8) is 0 Å². The van der Waals surface area contributed by atoms with E-state index in [1.165, 1.54) is 5.56 Å². The van der Waals surface area contributed by atoms with Crippen LogP contribution in [0, 0.1) is 0 Å². The van der Waals surface area contributed by atoms with E-state index in [2.05, 4.69) is 32.2 Å². The van der Waals surface area contributed by atoms with Gasteiger partial charge in [-0.15, -0.1) is 0 Å². The number of hydrogen-bond donors (Lipinski definition) is 1. The van der Waals surface area contributed by atoms with Gasteiger partial charge in [0.1, 0.15) is 5.75 Å². The normalized spacial score (nSPS) is 11.9. The molecule has 1 aromatic rings. The summed E-state index contributed by atoms with van der Waals surface area (Å²) in [4.78, 5) is 0. The lowest BCUT2D eigenvalue weighted by molar-refractivity contribution is 0.242. The summed E-state index contributed by atoms with van der Waals surface area (Å²) >= 11 is 6.20. The zero-order chi connectivity index (χ0) is 13.8. The Morgan fingerprint density at radius 2 is 2.00 bits per heavy atom. The summed E-state index contributed by atoms with van der Waals surface area (Å²) in [7, 11) is 0. The maximum atomic E-state index is 6.20. The highest BCUT2D eigenvalue weighted by molar-refractivity contribution is 6.32. The minimum atomic E-state index is 0.144. The maximum absolute atomic E-state index is 6.20. The molecule has 0 spiro atoms. The highest BCUT2D eigenvalue weighted by Gasteiger charge is 2.13. The summed E-state index contributed by atoms with van der Waals surface area (Å²) in [6.45, 7) is 11.4. The van der Waals surface area contributed by atoms with E-state index in [1.54, 1.807) is 0 Å². The van der Waals surface area contributed by atoms with Gasteiger partial charge in [-0.3, -0.25) is 0 Å². The number of rotatable bonds is 6. The van der Waals surface area contributed by atoms with Crippen molar-refractivity contribution in [2.75, 3.05) is 0 Å². The second kappa shape index (κ2) is 6.44. The molecule has 0 bridgehead atoms. The molecule has 0 atom stereocenters. The molecule has 0 heterocycles. The van der Waals surface area contributed by atoms with Gasteiger partial charge >= 0.3 is 0 Å². The van der Waals surface area contributed by atoms with Crippen molar-refractivity contribution < 1.29 is 4.74 Å². The minimum absolute atomic E-state index is 0.144. The maximum Gasteiger partial charge on any atom is 0.138 e. The first kappa shape index (κ1) is 15.3. The standard InChI is InChI=1S/C15H24ClNO/c1-6-15(4,5)17-10-12-7-8-14(13(16)9-12)18-11(2)3/h7-9,11,17H,6,10H2,1-5H3. The van der Waals surface area contributed by atoms with Crippen molar-refractivity contribution in [1.82, 2.24) is 5.32 Å². The lowest BCUT2D eigenvalue weighted by Crippen LogP contribution is -2.37. The smallest absolute Gasteiger partial charge is 0.138 e. The molecule has 0 saturated heterocycles. The predicted octanol–water partition coefficient (Wildman–Crippen LogP) is 4.41. The molecule has 1 N–H and O–H groups in total. The van der Waals surface area contributed by atoms with E-state index in [4.69, 9.17) is 16.3 Å². The van der Waals surface area contributed by atoms with E-state index in [0.717, 1.165) is 18.7 Å². The molecule has 0 aliphatic heterocycles. The van der Waals surface area contributed by atoms with Crippen molar-refractivity contribution in [2.45, 2.75) is 59.2 Å². The van der Waals surface area contributed by atoms with Crippen LogP contribution < -0.4 is 10.1 Å². The third-order valence-corrected chi connectivity index (χ3v) is 3.31. The van der Waals surface area contributed by atoms with Crippen LogP contribution in [-0.4, -0.2) is 11.6 Å². The summed E-state index contributed by atoms with van der Waals surface area (Å²) in [6, 6.07) is 5.97. The lowest BCUT2D eigenvalue weighted by atomic mass is 10.0. The van der Waals surface area contributed by atoms with E-state index in [9.17, 15) is 0 Å². The third-order valence-electron chi connectivity index (χ3n) is 3.01. The first-order chi connectivity index (χ1) is 8.34. The zero-order valence-electron chi connectivity index (χ0n) is 12.0. The number of hydrogen-bond acceptors (Lipinski definition) is 2. The van der Waals surface area contributed by atoms with Crippen LogP contribution in [0.1, 0.15) is 46.6 Å². The van der Waals surface area contributed by atoms with Gasteiger partial charge in [0.15, 0.2) is 0 Å². The van der Waals surface area contributed by atoms with Crippen molar-refractivity contribution in [3.8, 4) is 5.75 Å². The fourth-order valence-corrected chi connectivity index (χ4v) is 1.72. The Morgan fingerprint density at radius 1 is 1.33 bits per heavy atom. The highest BCUT2D eigenvalue weighted by atomic mass is 35.5. The van der Waals surface area contributed by atoms with Gasteiger partial charge in [-0.2, -0.15) is 0 Å². The number of nitrogens with one attached hydrogen (secondary N) is 1. The van der Waals surface area contributed by atoms with E-state index < -0.39 is 0 Å². The average Bonchev–Trinajstić information content (AvgIpc) is 2.29. The summed E-state index contributed by atoms with van der Waals surface area (Å²) in [5, 5.41) is 4.19. The van der Waals surface area contributed by atoms with E-state index in [0.29, 0.717) is 5.02 Å². The zero-order valence-corrected chi connectivity index (χ0v) is 12.8. The number of halogens is 1. The summed E-state index contributed by atoms with van der Waals surface area (Å²) in [5.41, 5.74) is 1.33. The molecule has 102 valence electrons. The van der Waals surface area contributed by atoms with Crippen LogP contribution >= 0.6 is 11.6 Å². The minimum Gasteiger partial charge on any atom is -0.489 e. The van der Waals surface area contributed by atoms with Gasteiger partial charge in [-0.05, 0) is 51.8 Å². The SMILES string of the molecule is CCC(C)(C)NCc1ccc(OC(C)C)c(Cl)c1. The molecule has 3 heteroatoms. The Bertz CT molecular complexity index is 388. The van der Waals surface area contributed by atoms with Crippen LogP contribution in [0.25, 0.3) is 0 Å². The number of benzene rings is 1. The molecule has 1 aromatic carbocycles. The molecule has 0 aromatic heterocycles. The van der Waals surface area contributed by atoms with Crippen molar-refractivity contribution in [1.29, 1.82) is 0 Å². The molecule has 18 heavy (non-hydrogen) atoms. The molecule has 0 saturated carbocycles. The molecule has 0 aliphatic carbocycles. The second-order valence-corrected chi connectivity index (χ2v) is 5.93. The molecule has 2 nitrogen and oxygen atoms in total. The quantitative estimate of drug-likeness (QED) is 0.826. The van der Waals surface area contributed by atoms with Gasteiger partial charge in [-0.1, -0.05) is 24.6 Å². The van der Waals surface area contributed by atoms with Gasteiger partial charge in [-0.25, -0.2) is 0 Å². The fourth-order valence-electron chi connectivity index (χ4n) is 1.47. The van der Waals surface area contributed by atoms with Crippen molar-refractivity contribution in [2.24, 2.45) is 0 Å². The van der Waals surface area contributed by atoms with Crippen LogP contribution in [-0.2, 0) is 6.54 Å². The molecule has 1 rings (SSSR count). The molecular formula is C15H24ClNO. The monoisotopic (exact) mass is 269 g/mol. The van der Waals surface area contributed by atoms with Crippen molar-refractivity contribution in [3.05, 3.63) is 28.8 Å². The van der Waals surface area contributed by atoms with Gasteiger partial charge in [0.2, 0.25) is 0 Å². The molecule has 0 amide bonds. The number of ether oxygens (including phenoxy) is 1. The largest absolute Gasteiger partial charge is 0.489 e. The summed E-state index contributed by atoms with van der Waals surface area (Å²) in [5.74, 6) is 0.755. The lowest BCUT2D eigenvalue weighted by Gasteiger charge is -2.24. The van der Waals surface area contributed by atoms with Crippen LogP contribution in [0.5, 0.6) is 5.75 Å². The molecule has 0 aliphatic rings. The van der Waals surface area contributed by atoms with E-state index >= 15 is 0 Å². The first-order valence-electron chi connectivity index (χ1n) is 6.54. The van der Waals surface area contributed by atoms with Crippen LogP contribution in [0.4, 0.5) is 0 Å². The molecule has 0 unspecified atom stereocenters. The first-order valence-corrected chi connectivity index (χ1v) is 6.92. The summed E-state index contributed by atoms with van der Waals surface area (Å²) in [6.07, 6.45) is 1.24. The van der Waals surface area contributed by atoms with Crippen molar-refractivity contribution >= 4 is 11.6 Å². The van der Waals surface area contributed by atoms with Gasteiger partial charge in [0.25, 0.3) is 0 Å². The molecule has 0 fully saturated rings. The summed E-state index contributed by atoms with van der Waals surface area (Å²) < 4.78 is 5.61. The van der Waals surface area contributed by atoms with E-state index in [-0.39, 0.29) is 11.6 Å². The van der Waals surface area contributed by atoms with Crippen LogP contribution in [0.3, 0.4) is 0 Å². The predicted molar refractivity (Wildman–Crippen MR) is 78.4 cm³/mol. The van der Waals surface area contributed by atoms with Gasteiger partial charge < -0.3 is 10.1 Å². The highest BCUT2D eigenvalue weighted by Crippen LogP contribution is 2.26. The van der Waals surface area contributed by atoms with Crippen LogP contribution in [0.2, 0.25) is 5.02 Å². The Hall–Kier alpha value is -0.730. The van der Waals surface area contributed by atoms with Crippen LogP contribution in [0.15, 0.2) is 18.2 Å². The van der Waals surface area contributed by atoms with E-state index in [1.807, 2.05) is 26.0 Å². The Morgan fingerprint density at radius 3 is 2.50 bits per heavy atom.